The molecule has 0 aliphatic carbocycles. The lowest BCUT2D eigenvalue weighted by molar-refractivity contribution is -0.130. The molecule has 3 heterocycles. The number of rotatable bonds is 6. The highest BCUT2D eigenvalue weighted by Gasteiger charge is 2.33. The van der Waals surface area contributed by atoms with E-state index in [0.717, 1.165) is 16.6 Å². The molecule has 0 saturated carbocycles. The number of amides is 1. The number of fused-ring (bicyclic) bond motifs is 1. The van der Waals surface area contributed by atoms with Crippen LogP contribution < -0.4 is 0 Å². The van der Waals surface area contributed by atoms with E-state index in [0.29, 0.717) is 38.9 Å². The van der Waals surface area contributed by atoms with Crippen LogP contribution in [0.25, 0.3) is 10.9 Å². The number of hydrogen-bond acceptors (Lipinski definition) is 5. The van der Waals surface area contributed by atoms with Crippen molar-refractivity contribution >= 4 is 16.8 Å². The molecule has 0 unspecified atom stereocenters. The van der Waals surface area contributed by atoms with Crippen molar-refractivity contribution in [3.05, 3.63) is 54.7 Å². The molecular weight excluding hydrogens is 342 g/mol. The third-order valence-corrected chi connectivity index (χ3v) is 5.13. The van der Waals surface area contributed by atoms with Crippen LogP contribution in [0.1, 0.15) is 18.5 Å². The average molecular weight is 365 g/mol. The smallest absolute Gasteiger partial charge is 0.222 e. The van der Waals surface area contributed by atoms with Gasteiger partial charge in [-0.05, 0) is 25.0 Å². The van der Waals surface area contributed by atoms with Crippen LogP contribution >= 0.6 is 0 Å². The number of aryl methyl sites for hydroxylation is 1. The number of nitrogens with zero attached hydrogens (tertiary/aromatic N) is 5. The first kappa shape index (κ1) is 17.6. The lowest BCUT2D eigenvalue weighted by atomic mass is 9.99. The number of carbonyl (C=O) groups is 1. The number of aliphatic hydroxyl groups is 1. The molecule has 1 aromatic carbocycles. The van der Waals surface area contributed by atoms with E-state index in [1.807, 2.05) is 30.3 Å². The fraction of sp³-hybridized carbons (Fsp3) is 0.400. The molecule has 1 saturated heterocycles. The van der Waals surface area contributed by atoms with Crippen LogP contribution in [0.4, 0.5) is 0 Å². The van der Waals surface area contributed by atoms with Gasteiger partial charge in [-0.1, -0.05) is 24.3 Å². The fourth-order valence-electron chi connectivity index (χ4n) is 3.65. The number of aromatic nitrogens is 4. The number of aliphatic hydroxyl groups excluding tert-OH is 1. The van der Waals surface area contributed by atoms with Crippen LogP contribution in [-0.2, 0) is 17.8 Å². The zero-order chi connectivity index (χ0) is 18.6. The molecule has 27 heavy (non-hydrogen) atoms. The minimum Gasteiger partial charge on any atom is -0.391 e. The fourth-order valence-corrected chi connectivity index (χ4v) is 3.65. The van der Waals surface area contributed by atoms with Crippen molar-refractivity contribution in [2.75, 3.05) is 13.1 Å². The molecule has 0 bridgehead atoms. The Morgan fingerprint density at radius 3 is 2.93 bits per heavy atom. The van der Waals surface area contributed by atoms with Gasteiger partial charge in [-0.2, -0.15) is 5.10 Å². The normalized spacial score (nSPS) is 19.7. The van der Waals surface area contributed by atoms with Crippen LogP contribution in [0.5, 0.6) is 0 Å². The first-order valence-electron chi connectivity index (χ1n) is 9.32. The third-order valence-electron chi connectivity index (χ3n) is 5.13. The van der Waals surface area contributed by atoms with Gasteiger partial charge in [-0.25, -0.2) is 4.98 Å². The van der Waals surface area contributed by atoms with E-state index in [1.54, 1.807) is 15.9 Å². The number of hydrogen-bond donors (Lipinski definition) is 1. The summed E-state index contributed by atoms with van der Waals surface area (Å²) in [6.07, 6.45) is 4.48. The Bertz CT molecular complexity index is 912. The maximum atomic E-state index is 12.4. The zero-order valence-electron chi connectivity index (χ0n) is 15.1. The molecule has 7 nitrogen and oxygen atoms in total. The van der Waals surface area contributed by atoms with E-state index in [4.69, 9.17) is 4.98 Å². The van der Waals surface area contributed by atoms with Gasteiger partial charge >= 0.3 is 0 Å². The van der Waals surface area contributed by atoms with Gasteiger partial charge in [-0.15, -0.1) is 0 Å². The highest BCUT2D eigenvalue weighted by Crippen LogP contribution is 2.23. The number of para-hydroxylation sites is 1. The van der Waals surface area contributed by atoms with Crippen molar-refractivity contribution < 1.29 is 9.90 Å². The van der Waals surface area contributed by atoms with Crippen LogP contribution in [-0.4, -0.2) is 54.9 Å². The molecule has 3 aromatic rings. The zero-order valence-corrected chi connectivity index (χ0v) is 15.1. The minimum atomic E-state index is -0.502. The van der Waals surface area contributed by atoms with Crippen molar-refractivity contribution in [1.29, 1.82) is 0 Å². The van der Waals surface area contributed by atoms with Crippen molar-refractivity contribution in [2.45, 2.75) is 31.9 Å². The maximum absolute atomic E-state index is 12.4. The summed E-state index contributed by atoms with van der Waals surface area (Å²) in [4.78, 5) is 22.8. The Morgan fingerprint density at radius 2 is 2.07 bits per heavy atom. The summed E-state index contributed by atoms with van der Waals surface area (Å²) in [6, 6.07) is 12.1. The Kier molecular flexibility index (Phi) is 5.11. The van der Waals surface area contributed by atoms with Crippen LogP contribution in [0.2, 0.25) is 0 Å². The first-order chi connectivity index (χ1) is 13.2. The molecule has 1 fully saturated rings. The van der Waals surface area contributed by atoms with E-state index in [9.17, 15) is 9.90 Å². The third kappa shape index (κ3) is 4.14. The van der Waals surface area contributed by atoms with E-state index in [-0.39, 0.29) is 11.8 Å². The molecule has 0 radical (unpaired) electrons. The Hall–Kier alpha value is -2.80. The van der Waals surface area contributed by atoms with Crippen molar-refractivity contribution in [1.82, 2.24) is 24.6 Å². The number of likely N-dealkylation sites (tertiary alicyclic amines) is 1. The lowest BCUT2D eigenvalue weighted by Crippen LogP contribution is -2.29. The Morgan fingerprint density at radius 1 is 1.19 bits per heavy atom. The second-order valence-corrected chi connectivity index (χ2v) is 7.09. The summed E-state index contributed by atoms with van der Waals surface area (Å²) in [5.74, 6) is 0.112. The van der Waals surface area contributed by atoms with E-state index in [2.05, 4.69) is 16.1 Å². The molecule has 1 amide bonds. The van der Waals surface area contributed by atoms with E-state index >= 15 is 0 Å². The molecule has 1 aliphatic heterocycles. The van der Waals surface area contributed by atoms with Gasteiger partial charge in [0, 0.05) is 43.1 Å². The lowest BCUT2D eigenvalue weighted by Gasteiger charge is -2.16. The molecule has 4 rings (SSSR count). The van der Waals surface area contributed by atoms with Crippen LogP contribution in [0.3, 0.4) is 0 Å². The molecule has 1 aliphatic rings. The summed E-state index contributed by atoms with van der Waals surface area (Å²) in [5.41, 5.74) is 1.92. The number of carbonyl (C=O) groups excluding carboxylic acids is 1. The summed E-state index contributed by atoms with van der Waals surface area (Å²) in [6.45, 7) is 1.66. The molecule has 1 N–H and O–H groups in total. The average Bonchev–Trinajstić information content (AvgIpc) is 3.32. The summed E-state index contributed by atoms with van der Waals surface area (Å²) < 4.78 is 1.72. The van der Waals surface area contributed by atoms with Gasteiger partial charge in [0.05, 0.1) is 11.6 Å². The van der Waals surface area contributed by atoms with Crippen molar-refractivity contribution in [3.63, 3.8) is 0 Å². The molecule has 2 aromatic heterocycles. The van der Waals surface area contributed by atoms with Crippen LogP contribution in [0.15, 0.2) is 49.1 Å². The van der Waals surface area contributed by atoms with Gasteiger partial charge in [-0.3, -0.25) is 14.5 Å². The van der Waals surface area contributed by atoms with Gasteiger partial charge in [0.25, 0.3) is 0 Å². The molecule has 0 spiro atoms. The predicted octanol–water partition coefficient (Wildman–Crippen LogP) is 1.67. The number of benzene rings is 1. The Labute approximate surface area is 157 Å². The largest absolute Gasteiger partial charge is 0.391 e. The molecule has 140 valence electrons. The predicted molar refractivity (Wildman–Crippen MR) is 101 cm³/mol. The number of pyridine rings is 1. The molecule has 2 atom stereocenters. The number of β-amino-alcohol motifs (C(OH)–C–C–N with tert-alkyl or cyclic N) is 1. The highest BCUT2D eigenvalue weighted by molar-refractivity contribution is 5.78. The van der Waals surface area contributed by atoms with Gasteiger partial charge in [0.15, 0.2) is 0 Å². The summed E-state index contributed by atoms with van der Waals surface area (Å²) in [5, 5.41) is 15.6. The second kappa shape index (κ2) is 7.84. The standard InChI is InChI=1S/C20H23N5O2/c26-19-12-24(20(27)6-3-9-25-14-21-13-22-25)11-16(19)10-17-8-7-15-4-1-2-5-18(15)23-17/h1-2,4-5,7-8,13-14,16,19,26H,3,6,9-12H2/t16-,19-/m1/s1. The summed E-state index contributed by atoms with van der Waals surface area (Å²) in [7, 11) is 0. The molecule has 7 heteroatoms. The molecular formula is C20H23N5O2. The Balaban J connectivity index is 1.32. The van der Waals surface area contributed by atoms with Crippen molar-refractivity contribution in [3.8, 4) is 0 Å². The summed E-state index contributed by atoms with van der Waals surface area (Å²) >= 11 is 0. The highest BCUT2D eigenvalue weighted by atomic mass is 16.3. The topological polar surface area (TPSA) is 84.1 Å². The second-order valence-electron chi connectivity index (χ2n) is 7.09. The van der Waals surface area contributed by atoms with Crippen molar-refractivity contribution in [2.24, 2.45) is 5.92 Å². The first-order valence-corrected chi connectivity index (χ1v) is 9.32. The minimum absolute atomic E-state index is 0.0259. The SMILES string of the molecule is O=C(CCCn1cncn1)N1C[C@@H](Cc2ccc3ccccc3n2)[C@H](O)C1. The van der Waals surface area contributed by atoms with Gasteiger partial charge < -0.3 is 10.0 Å². The van der Waals surface area contributed by atoms with E-state index < -0.39 is 6.10 Å². The maximum Gasteiger partial charge on any atom is 0.222 e. The monoisotopic (exact) mass is 365 g/mol. The van der Waals surface area contributed by atoms with Gasteiger partial charge in [0.1, 0.15) is 12.7 Å². The van der Waals surface area contributed by atoms with E-state index in [1.165, 1.54) is 6.33 Å². The quantitative estimate of drug-likeness (QED) is 0.718. The van der Waals surface area contributed by atoms with Gasteiger partial charge in [0.2, 0.25) is 5.91 Å². The van der Waals surface area contributed by atoms with Crippen LogP contribution in [0, 0.1) is 5.92 Å².